The summed E-state index contributed by atoms with van der Waals surface area (Å²) in [6.07, 6.45) is 0. The molecule has 0 aromatic carbocycles. The summed E-state index contributed by atoms with van der Waals surface area (Å²) in [7, 11) is 0. The Kier molecular flexibility index (Phi) is 4.64. The summed E-state index contributed by atoms with van der Waals surface area (Å²) in [5.41, 5.74) is 2.05. The number of nitrogens with one attached hydrogen (secondary N) is 1. The predicted molar refractivity (Wildman–Crippen MR) is 75.3 cm³/mol. The van der Waals surface area contributed by atoms with Crippen molar-refractivity contribution in [3.63, 3.8) is 0 Å². The van der Waals surface area contributed by atoms with E-state index in [9.17, 15) is 4.79 Å². The summed E-state index contributed by atoms with van der Waals surface area (Å²) < 4.78 is 0.355. The molecule has 0 saturated carbocycles. The third-order valence-electron chi connectivity index (χ3n) is 2.82. The second-order valence-corrected chi connectivity index (χ2v) is 6.67. The Morgan fingerprint density at radius 3 is 2.19 bits per heavy atom. The van der Waals surface area contributed by atoms with Gasteiger partial charge in [0.1, 0.15) is 0 Å². The van der Waals surface area contributed by atoms with Crippen molar-refractivity contribution in [1.29, 1.82) is 0 Å². The van der Waals surface area contributed by atoms with E-state index in [1.54, 1.807) is 0 Å². The van der Waals surface area contributed by atoms with E-state index in [1.165, 1.54) is 0 Å². The highest BCUT2D eigenvalue weighted by molar-refractivity contribution is 14.1. The van der Waals surface area contributed by atoms with Crippen LogP contribution in [0.3, 0.4) is 0 Å². The molecule has 0 fully saturated rings. The molecule has 1 N–H and O–H groups in total. The molecule has 0 bridgehead atoms. The van der Waals surface area contributed by atoms with Gasteiger partial charge >= 0.3 is 0 Å². The Balaban J connectivity index is 3.10. The number of amides is 1. The summed E-state index contributed by atoms with van der Waals surface area (Å²) in [5.74, 6) is 0.469. The van der Waals surface area contributed by atoms with Gasteiger partial charge in [0.2, 0.25) is 0 Å². The lowest BCUT2D eigenvalue weighted by molar-refractivity contribution is -0.130. The molecule has 1 amide bonds. The number of carbonyl (C=O) groups excluding carboxylic acids is 1. The monoisotopic (exact) mass is 336 g/mol. The molecule has 0 unspecified atom stereocenters. The molecule has 0 saturated heterocycles. The van der Waals surface area contributed by atoms with Gasteiger partial charge in [-0.3, -0.25) is 4.79 Å². The number of carbonyl (C=O) groups is 1. The van der Waals surface area contributed by atoms with Crippen LogP contribution < -0.4 is 5.32 Å². The molecule has 4 heteroatoms. The normalized spacial score (nSPS) is 19.5. The van der Waals surface area contributed by atoms with Crippen molar-refractivity contribution in [3.05, 3.63) is 11.3 Å². The van der Waals surface area contributed by atoms with E-state index in [1.807, 2.05) is 4.90 Å². The molecular formula is C12H21IN2O. The molecule has 1 aliphatic heterocycles. The zero-order chi connectivity index (χ0) is 12.5. The fraction of sp³-hybridized carbons (Fsp3) is 0.750. The van der Waals surface area contributed by atoms with Gasteiger partial charge in [-0.05, 0) is 26.7 Å². The highest BCUT2D eigenvalue weighted by Gasteiger charge is 2.31. The molecule has 3 nitrogen and oxygen atoms in total. The van der Waals surface area contributed by atoms with Crippen LogP contribution >= 0.6 is 22.6 Å². The minimum atomic E-state index is 0.197. The second kappa shape index (κ2) is 5.38. The third-order valence-corrected chi connectivity index (χ3v) is 3.44. The fourth-order valence-corrected chi connectivity index (χ4v) is 2.49. The molecule has 16 heavy (non-hydrogen) atoms. The van der Waals surface area contributed by atoms with Crippen LogP contribution in [-0.2, 0) is 4.79 Å². The summed E-state index contributed by atoms with van der Waals surface area (Å²) in [6, 6.07) is 0.250. The lowest BCUT2D eigenvalue weighted by atomic mass is 9.96. The van der Waals surface area contributed by atoms with E-state index in [0.717, 1.165) is 11.3 Å². The van der Waals surface area contributed by atoms with Crippen LogP contribution in [0.2, 0.25) is 0 Å². The highest BCUT2D eigenvalue weighted by atomic mass is 127. The van der Waals surface area contributed by atoms with E-state index in [4.69, 9.17) is 0 Å². The maximum atomic E-state index is 12.3. The second-order valence-electron chi connectivity index (χ2n) is 4.80. The highest BCUT2D eigenvalue weighted by Crippen LogP contribution is 2.26. The molecule has 0 aliphatic carbocycles. The Hall–Kier alpha value is -0.260. The number of allylic oxidation sites excluding steroid dienone is 1. The van der Waals surface area contributed by atoms with E-state index in [2.05, 4.69) is 62.5 Å². The lowest BCUT2D eigenvalue weighted by Crippen LogP contribution is -2.50. The van der Waals surface area contributed by atoms with Crippen LogP contribution in [0.1, 0.15) is 34.6 Å². The minimum absolute atomic E-state index is 0.197. The Morgan fingerprint density at radius 1 is 1.25 bits per heavy atom. The average Bonchev–Trinajstić information content (AvgIpc) is 2.15. The minimum Gasteiger partial charge on any atom is -0.370 e. The van der Waals surface area contributed by atoms with Gasteiger partial charge in [0, 0.05) is 21.2 Å². The average molecular weight is 336 g/mol. The van der Waals surface area contributed by atoms with E-state index < -0.39 is 0 Å². The summed E-state index contributed by atoms with van der Waals surface area (Å²) >= 11 is 2.35. The molecule has 1 atom stereocenters. The number of nitrogens with zero attached hydrogens (tertiary/aromatic N) is 1. The Labute approximate surface area is 112 Å². The molecule has 1 rings (SSSR count). The smallest absolute Gasteiger partial charge is 0.253 e. The molecule has 92 valence electrons. The number of alkyl halides is 1. The molecule has 1 aliphatic rings. The molecule has 1 heterocycles. The zero-order valence-electron chi connectivity index (χ0n) is 10.7. The number of hydrogen-bond acceptors (Lipinski definition) is 2. The van der Waals surface area contributed by atoms with E-state index in [0.29, 0.717) is 10.6 Å². The van der Waals surface area contributed by atoms with Gasteiger partial charge in [-0.25, -0.2) is 0 Å². The maximum Gasteiger partial charge on any atom is 0.253 e. The van der Waals surface area contributed by atoms with Crippen LogP contribution in [0.15, 0.2) is 11.3 Å². The predicted octanol–water partition coefficient (Wildman–Crippen LogP) is 2.52. The molecule has 0 aromatic rings. The maximum absolute atomic E-state index is 12.3. The van der Waals surface area contributed by atoms with Crippen molar-refractivity contribution in [2.45, 2.75) is 44.6 Å². The number of halogens is 1. The van der Waals surface area contributed by atoms with Crippen molar-refractivity contribution in [1.82, 2.24) is 10.2 Å². The molecule has 0 radical (unpaired) electrons. The lowest BCUT2D eigenvalue weighted by Gasteiger charge is -2.36. The summed E-state index contributed by atoms with van der Waals surface area (Å²) in [5, 5.41) is 3.39. The first kappa shape index (κ1) is 13.8. The van der Waals surface area contributed by atoms with Crippen LogP contribution in [0, 0.1) is 5.92 Å². The molecule has 0 aromatic heterocycles. The van der Waals surface area contributed by atoms with Gasteiger partial charge in [-0.2, -0.15) is 0 Å². The van der Waals surface area contributed by atoms with Crippen molar-refractivity contribution < 1.29 is 4.79 Å². The largest absolute Gasteiger partial charge is 0.370 e. The Morgan fingerprint density at radius 2 is 1.81 bits per heavy atom. The first-order valence-corrected chi connectivity index (χ1v) is 7.03. The zero-order valence-corrected chi connectivity index (χ0v) is 12.8. The topological polar surface area (TPSA) is 32.3 Å². The van der Waals surface area contributed by atoms with Crippen LogP contribution in [0.4, 0.5) is 0 Å². The Bertz CT molecular complexity index is 308. The number of hydrogen-bond donors (Lipinski definition) is 1. The first-order chi connectivity index (χ1) is 7.36. The SMILES string of the molecule is CC(C)C1=C([C@H](C)I)NCN(C(C)C)C1=O. The standard InChI is InChI=1S/C12H21IN2O/c1-7(2)10-11(9(5)13)14-6-15(8(3)4)12(10)16/h7-9,14H,6H2,1-5H3/t9-/m0/s1. The fourth-order valence-electron chi connectivity index (χ4n) is 1.94. The number of rotatable bonds is 3. The van der Waals surface area contributed by atoms with Gasteiger partial charge in [-0.1, -0.05) is 36.4 Å². The van der Waals surface area contributed by atoms with Crippen molar-refractivity contribution >= 4 is 28.5 Å². The van der Waals surface area contributed by atoms with Gasteiger partial charge < -0.3 is 10.2 Å². The van der Waals surface area contributed by atoms with Crippen LogP contribution in [-0.4, -0.2) is 27.4 Å². The van der Waals surface area contributed by atoms with Crippen molar-refractivity contribution in [2.75, 3.05) is 6.67 Å². The van der Waals surface area contributed by atoms with Crippen LogP contribution in [0.25, 0.3) is 0 Å². The van der Waals surface area contributed by atoms with Gasteiger partial charge in [0.15, 0.2) is 0 Å². The third kappa shape index (κ3) is 2.70. The van der Waals surface area contributed by atoms with Gasteiger partial charge in [0.05, 0.1) is 6.67 Å². The van der Waals surface area contributed by atoms with Crippen molar-refractivity contribution in [2.24, 2.45) is 5.92 Å². The summed E-state index contributed by atoms with van der Waals surface area (Å²) in [4.78, 5) is 14.2. The van der Waals surface area contributed by atoms with Crippen LogP contribution in [0.5, 0.6) is 0 Å². The molecule has 0 spiro atoms. The van der Waals surface area contributed by atoms with Crippen molar-refractivity contribution in [3.8, 4) is 0 Å². The molecular weight excluding hydrogens is 315 g/mol. The van der Waals surface area contributed by atoms with E-state index >= 15 is 0 Å². The van der Waals surface area contributed by atoms with Gasteiger partial charge in [0.25, 0.3) is 5.91 Å². The van der Waals surface area contributed by atoms with Gasteiger partial charge in [-0.15, -0.1) is 0 Å². The first-order valence-electron chi connectivity index (χ1n) is 5.79. The quantitative estimate of drug-likeness (QED) is 0.635. The van der Waals surface area contributed by atoms with E-state index in [-0.39, 0.29) is 17.9 Å². The summed E-state index contributed by atoms with van der Waals surface area (Å²) in [6.45, 7) is 11.0.